The number of imidazole rings is 1. The third kappa shape index (κ3) is 8.74. The van der Waals surface area contributed by atoms with Gasteiger partial charge in [0.1, 0.15) is 23.4 Å². The molecule has 12 nitrogen and oxygen atoms in total. The lowest BCUT2D eigenvalue weighted by Gasteiger charge is -2.34. The monoisotopic (exact) mass is 707 g/mol. The summed E-state index contributed by atoms with van der Waals surface area (Å²) in [5, 5.41) is 20.2. The number of pyridine rings is 1. The van der Waals surface area contributed by atoms with Gasteiger partial charge >= 0.3 is 0 Å². The van der Waals surface area contributed by atoms with Crippen LogP contribution in [0, 0.1) is 12.8 Å². The predicted molar refractivity (Wildman–Crippen MR) is 207 cm³/mol. The van der Waals surface area contributed by atoms with E-state index >= 15 is 0 Å². The Labute approximate surface area is 307 Å². The van der Waals surface area contributed by atoms with E-state index in [0.29, 0.717) is 47.7 Å². The van der Waals surface area contributed by atoms with Gasteiger partial charge in [0, 0.05) is 51.0 Å². The SMILES string of the molecule is CCCCNc1nc(N(Cc2ccc(OC)cc2)Cc2ccc(OC)cc2)c2ncc(C(O)c3cnc(N4CCC(CN(C)C)CC4)c(C)c3)n2n1. The highest BCUT2D eigenvalue weighted by molar-refractivity contribution is 5.66. The maximum Gasteiger partial charge on any atom is 0.243 e. The number of aryl methyl sites for hydroxylation is 1. The van der Waals surface area contributed by atoms with Crippen molar-refractivity contribution in [2.75, 3.05) is 69.6 Å². The number of nitrogens with zero attached hydrogens (tertiary/aromatic N) is 8. The first kappa shape index (κ1) is 36.8. The van der Waals surface area contributed by atoms with Crippen LogP contribution in [0.1, 0.15) is 66.7 Å². The van der Waals surface area contributed by atoms with Crippen molar-refractivity contribution in [3.05, 3.63) is 94.9 Å². The molecule has 0 saturated carbocycles. The van der Waals surface area contributed by atoms with Crippen LogP contribution in [0.4, 0.5) is 17.6 Å². The van der Waals surface area contributed by atoms with E-state index in [2.05, 4.69) is 72.2 Å². The van der Waals surface area contributed by atoms with Gasteiger partial charge in [-0.05, 0) is 93.2 Å². The summed E-state index contributed by atoms with van der Waals surface area (Å²) in [5.74, 6) is 4.41. The van der Waals surface area contributed by atoms with E-state index in [0.717, 1.165) is 85.9 Å². The zero-order valence-electron chi connectivity index (χ0n) is 31.4. The summed E-state index contributed by atoms with van der Waals surface area (Å²) in [5.41, 5.74) is 5.01. The summed E-state index contributed by atoms with van der Waals surface area (Å²) >= 11 is 0. The van der Waals surface area contributed by atoms with Gasteiger partial charge in [0.25, 0.3) is 0 Å². The molecule has 1 fully saturated rings. The van der Waals surface area contributed by atoms with E-state index in [1.807, 2.05) is 30.3 Å². The van der Waals surface area contributed by atoms with Crippen LogP contribution >= 0.6 is 0 Å². The van der Waals surface area contributed by atoms with Crippen molar-refractivity contribution in [3.63, 3.8) is 0 Å². The van der Waals surface area contributed by atoms with Gasteiger partial charge in [-0.2, -0.15) is 4.98 Å². The van der Waals surface area contributed by atoms with Crippen LogP contribution in [0.3, 0.4) is 0 Å². The first-order valence-corrected chi connectivity index (χ1v) is 18.3. The van der Waals surface area contributed by atoms with Gasteiger partial charge in [-0.1, -0.05) is 37.6 Å². The molecule has 3 aromatic heterocycles. The molecule has 0 radical (unpaired) electrons. The van der Waals surface area contributed by atoms with Crippen molar-refractivity contribution in [2.45, 2.75) is 58.7 Å². The number of nitrogens with one attached hydrogen (secondary N) is 1. The molecule has 2 aromatic carbocycles. The van der Waals surface area contributed by atoms with Crippen molar-refractivity contribution >= 4 is 23.2 Å². The van der Waals surface area contributed by atoms with E-state index in [1.165, 1.54) is 0 Å². The summed E-state index contributed by atoms with van der Waals surface area (Å²) in [6.45, 7) is 9.15. The van der Waals surface area contributed by atoms with Gasteiger partial charge in [-0.15, -0.1) is 5.10 Å². The third-order valence-corrected chi connectivity index (χ3v) is 9.75. The molecule has 12 heteroatoms. The molecular formula is C40H53N9O3. The summed E-state index contributed by atoms with van der Waals surface area (Å²) in [4.78, 5) is 21.6. The normalized spacial score (nSPS) is 14.2. The Bertz CT molecular complexity index is 1840. The zero-order chi connectivity index (χ0) is 36.6. The lowest BCUT2D eigenvalue weighted by Crippen LogP contribution is -2.37. The highest BCUT2D eigenvalue weighted by Gasteiger charge is 2.26. The fourth-order valence-electron chi connectivity index (χ4n) is 6.93. The standard InChI is InChI=1S/C40H53N9O3/c1-7-8-19-41-40-44-39(48(26-29-9-13-33(51-5)14-10-29)27-30-11-15-34(52-6)16-12-30)38-43-24-35(49(38)45-40)36(50)32-22-28(2)37(42-23-32)47-20-17-31(18-21-47)25-46(3)4/h9-16,22-24,31,36,50H,7-8,17-21,25-27H2,1-6H3,(H,41,45). The minimum atomic E-state index is -0.996. The summed E-state index contributed by atoms with van der Waals surface area (Å²) in [7, 11) is 7.62. The Morgan fingerprint density at radius 1 is 0.923 bits per heavy atom. The third-order valence-electron chi connectivity index (χ3n) is 9.75. The molecule has 1 saturated heterocycles. The number of aromatic nitrogens is 5. The van der Waals surface area contributed by atoms with E-state index in [4.69, 9.17) is 29.5 Å². The number of methoxy groups -OCH3 is 2. The molecule has 6 rings (SSSR count). The van der Waals surface area contributed by atoms with Gasteiger partial charge in [-0.3, -0.25) is 0 Å². The summed E-state index contributed by atoms with van der Waals surface area (Å²) in [6, 6.07) is 18.1. The molecule has 4 heterocycles. The maximum absolute atomic E-state index is 11.9. The number of benzene rings is 2. The average molecular weight is 708 g/mol. The highest BCUT2D eigenvalue weighted by atomic mass is 16.5. The number of anilines is 3. The van der Waals surface area contributed by atoms with Gasteiger partial charge in [-0.25, -0.2) is 14.5 Å². The van der Waals surface area contributed by atoms with E-state index in [-0.39, 0.29) is 0 Å². The molecule has 0 bridgehead atoms. The van der Waals surface area contributed by atoms with Crippen LogP contribution in [-0.2, 0) is 13.1 Å². The molecule has 2 N–H and O–H groups in total. The first-order chi connectivity index (χ1) is 25.3. The number of aliphatic hydroxyl groups is 1. The Kier molecular flexibility index (Phi) is 12.1. The molecular weight excluding hydrogens is 654 g/mol. The minimum absolute atomic E-state index is 0.471. The quantitative estimate of drug-likeness (QED) is 0.116. The molecule has 276 valence electrons. The maximum atomic E-state index is 11.9. The van der Waals surface area contributed by atoms with Gasteiger partial charge in [0.05, 0.1) is 26.1 Å². The molecule has 52 heavy (non-hydrogen) atoms. The first-order valence-electron chi connectivity index (χ1n) is 18.3. The number of aliphatic hydroxyl groups excluding tert-OH is 1. The molecule has 0 spiro atoms. The molecule has 1 unspecified atom stereocenters. The smallest absolute Gasteiger partial charge is 0.243 e. The largest absolute Gasteiger partial charge is 0.497 e. The van der Waals surface area contributed by atoms with Crippen LogP contribution in [0.2, 0.25) is 0 Å². The second kappa shape index (κ2) is 17.1. The van der Waals surface area contributed by atoms with Gasteiger partial charge in [0.15, 0.2) is 11.5 Å². The molecule has 5 aromatic rings. The van der Waals surface area contributed by atoms with Gasteiger partial charge < -0.3 is 34.6 Å². The number of hydrogen-bond acceptors (Lipinski definition) is 11. The predicted octanol–water partition coefficient (Wildman–Crippen LogP) is 6.12. The minimum Gasteiger partial charge on any atom is -0.497 e. The fraction of sp³-hybridized carbons (Fsp3) is 0.450. The van der Waals surface area contributed by atoms with Crippen LogP contribution in [0.25, 0.3) is 5.65 Å². The second-order valence-corrected chi connectivity index (χ2v) is 14.0. The fourth-order valence-corrected chi connectivity index (χ4v) is 6.93. The van der Waals surface area contributed by atoms with Crippen molar-refractivity contribution in [1.82, 2.24) is 29.5 Å². The number of rotatable bonds is 16. The van der Waals surface area contributed by atoms with Crippen molar-refractivity contribution in [3.8, 4) is 11.5 Å². The Morgan fingerprint density at radius 3 is 2.12 bits per heavy atom. The number of unbranched alkanes of at least 4 members (excludes halogenated alkanes) is 1. The summed E-state index contributed by atoms with van der Waals surface area (Å²) in [6.07, 6.45) is 6.80. The number of hydrogen-bond donors (Lipinski definition) is 2. The Balaban J connectivity index is 1.34. The summed E-state index contributed by atoms with van der Waals surface area (Å²) < 4.78 is 12.6. The topological polar surface area (TPSA) is 116 Å². The average Bonchev–Trinajstić information content (AvgIpc) is 3.59. The van der Waals surface area contributed by atoms with E-state index < -0.39 is 6.10 Å². The lowest BCUT2D eigenvalue weighted by atomic mass is 9.96. The molecule has 0 aliphatic carbocycles. The van der Waals surface area contributed by atoms with Crippen LogP contribution in [0.5, 0.6) is 11.5 Å². The van der Waals surface area contributed by atoms with Crippen LogP contribution in [-0.4, -0.2) is 89.1 Å². The van der Waals surface area contributed by atoms with Crippen molar-refractivity contribution in [1.29, 1.82) is 0 Å². The van der Waals surface area contributed by atoms with Crippen molar-refractivity contribution in [2.24, 2.45) is 5.92 Å². The number of ether oxygens (including phenoxy) is 2. The second-order valence-electron chi connectivity index (χ2n) is 14.0. The van der Waals surface area contributed by atoms with E-state index in [9.17, 15) is 5.11 Å². The van der Waals surface area contributed by atoms with Crippen LogP contribution < -0.4 is 24.6 Å². The lowest BCUT2D eigenvalue weighted by molar-refractivity contribution is 0.212. The highest BCUT2D eigenvalue weighted by Crippen LogP contribution is 2.31. The zero-order valence-corrected chi connectivity index (χ0v) is 31.4. The molecule has 1 aliphatic rings. The molecule has 1 aliphatic heterocycles. The number of fused-ring (bicyclic) bond motifs is 1. The molecule has 1 atom stereocenters. The number of piperidine rings is 1. The van der Waals surface area contributed by atoms with E-state index in [1.54, 1.807) is 31.1 Å². The Hall–Kier alpha value is -4.94. The van der Waals surface area contributed by atoms with Crippen LogP contribution in [0.15, 0.2) is 67.0 Å². The molecule has 0 amide bonds. The Morgan fingerprint density at radius 2 is 1.56 bits per heavy atom. The van der Waals surface area contributed by atoms with Crippen molar-refractivity contribution < 1.29 is 14.6 Å². The van der Waals surface area contributed by atoms with Gasteiger partial charge in [0.2, 0.25) is 5.95 Å².